The second kappa shape index (κ2) is 4.79. The maximum absolute atomic E-state index is 11.7. The lowest BCUT2D eigenvalue weighted by molar-refractivity contribution is -0.129. The summed E-state index contributed by atoms with van der Waals surface area (Å²) in [6.07, 6.45) is 1.73. The second-order valence-electron chi connectivity index (χ2n) is 3.46. The van der Waals surface area contributed by atoms with Gasteiger partial charge in [0.1, 0.15) is 0 Å². The molecule has 3 rings (SSSR count). The van der Waals surface area contributed by atoms with E-state index in [0.717, 1.165) is 13.5 Å². The van der Waals surface area contributed by atoms with Crippen molar-refractivity contribution in [3.05, 3.63) is 48.9 Å². The Balaban J connectivity index is 1.94. The zero-order chi connectivity index (χ0) is 12.5. The van der Waals surface area contributed by atoms with E-state index in [9.17, 15) is 4.79 Å². The van der Waals surface area contributed by atoms with Crippen LogP contribution >= 0.6 is 38.6 Å². The average Bonchev–Trinajstić information content (AvgIpc) is 3.02. The van der Waals surface area contributed by atoms with E-state index in [4.69, 9.17) is 4.74 Å². The quantitative estimate of drug-likeness (QED) is 0.614. The molecule has 0 aliphatic carbocycles. The first kappa shape index (κ1) is 11.8. The number of carbonyl (C=O) groups excluding carboxylic acids is 1. The van der Waals surface area contributed by atoms with Gasteiger partial charge in [-0.05, 0) is 45.6 Å². The maximum atomic E-state index is 11.7. The van der Waals surface area contributed by atoms with Crippen LogP contribution in [0.2, 0.25) is 0 Å². The fraction of sp³-hybridized carbons (Fsp3) is 0. The molecule has 0 saturated carbocycles. The van der Waals surface area contributed by atoms with Crippen LogP contribution in [0.5, 0.6) is 0 Å². The first-order valence-electron chi connectivity index (χ1n) is 5.04. The fourth-order valence-corrected chi connectivity index (χ4v) is 3.47. The van der Waals surface area contributed by atoms with Crippen molar-refractivity contribution in [2.24, 2.45) is 4.99 Å². The molecule has 6 heteroatoms. The van der Waals surface area contributed by atoms with E-state index in [2.05, 4.69) is 20.9 Å². The van der Waals surface area contributed by atoms with Gasteiger partial charge in [-0.15, -0.1) is 22.7 Å². The number of esters is 1. The van der Waals surface area contributed by atoms with Crippen LogP contribution in [0.25, 0.3) is 6.08 Å². The number of ether oxygens (including phenoxy) is 1. The smallest absolute Gasteiger partial charge is 0.363 e. The van der Waals surface area contributed by atoms with Crippen molar-refractivity contribution in [1.82, 2.24) is 0 Å². The lowest BCUT2D eigenvalue weighted by Crippen LogP contribution is -2.03. The van der Waals surface area contributed by atoms with Crippen LogP contribution in [-0.2, 0) is 9.53 Å². The minimum atomic E-state index is -0.400. The topological polar surface area (TPSA) is 38.7 Å². The van der Waals surface area contributed by atoms with Gasteiger partial charge in [0.2, 0.25) is 5.90 Å². The molecular weight excluding hydrogens is 334 g/mol. The van der Waals surface area contributed by atoms with Crippen molar-refractivity contribution in [1.29, 1.82) is 0 Å². The summed E-state index contributed by atoms with van der Waals surface area (Å²) in [7, 11) is 0. The van der Waals surface area contributed by atoms with Crippen LogP contribution in [0.4, 0.5) is 0 Å². The Morgan fingerprint density at radius 3 is 2.89 bits per heavy atom. The van der Waals surface area contributed by atoms with Gasteiger partial charge in [0, 0.05) is 4.88 Å². The highest BCUT2D eigenvalue weighted by Gasteiger charge is 2.24. The van der Waals surface area contributed by atoms with E-state index in [1.807, 2.05) is 29.6 Å². The molecule has 0 spiro atoms. The molecular formula is C12H6BrNO2S2. The molecule has 0 saturated heterocycles. The van der Waals surface area contributed by atoms with Gasteiger partial charge in [-0.2, -0.15) is 0 Å². The van der Waals surface area contributed by atoms with Gasteiger partial charge in [-0.1, -0.05) is 6.07 Å². The van der Waals surface area contributed by atoms with Crippen molar-refractivity contribution in [2.45, 2.75) is 0 Å². The van der Waals surface area contributed by atoms with Crippen molar-refractivity contribution in [2.75, 3.05) is 0 Å². The minimum absolute atomic E-state index is 0.341. The molecule has 0 N–H and O–H groups in total. The summed E-state index contributed by atoms with van der Waals surface area (Å²) in [4.78, 5) is 17.7. The third-order valence-electron chi connectivity index (χ3n) is 2.23. The van der Waals surface area contributed by atoms with Gasteiger partial charge in [-0.3, -0.25) is 0 Å². The van der Waals surface area contributed by atoms with Crippen LogP contribution < -0.4 is 0 Å². The predicted octanol–water partition coefficient (Wildman–Crippen LogP) is 3.92. The Labute approximate surface area is 120 Å². The first-order chi connectivity index (χ1) is 8.72. The Morgan fingerprint density at radius 1 is 1.33 bits per heavy atom. The molecule has 0 radical (unpaired) electrons. The van der Waals surface area contributed by atoms with Gasteiger partial charge in [0.05, 0.1) is 8.66 Å². The van der Waals surface area contributed by atoms with Crippen molar-refractivity contribution >= 4 is 56.5 Å². The van der Waals surface area contributed by atoms with Gasteiger partial charge < -0.3 is 4.74 Å². The van der Waals surface area contributed by atoms with E-state index >= 15 is 0 Å². The molecule has 3 nitrogen and oxygen atoms in total. The van der Waals surface area contributed by atoms with E-state index in [0.29, 0.717) is 11.6 Å². The lowest BCUT2D eigenvalue weighted by Gasteiger charge is -1.92. The summed E-state index contributed by atoms with van der Waals surface area (Å²) in [6.45, 7) is 0. The van der Waals surface area contributed by atoms with Crippen LogP contribution in [0.15, 0.2) is 44.1 Å². The Bertz CT molecular complexity index is 655. The number of hydrogen-bond acceptors (Lipinski definition) is 5. The number of thiophene rings is 2. The summed E-state index contributed by atoms with van der Waals surface area (Å²) in [5.74, 6) is -0.0141. The molecule has 0 unspecified atom stereocenters. The Morgan fingerprint density at radius 2 is 2.22 bits per heavy atom. The van der Waals surface area contributed by atoms with Crippen LogP contribution in [-0.4, -0.2) is 11.9 Å². The molecule has 1 aliphatic rings. The van der Waals surface area contributed by atoms with Crippen molar-refractivity contribution < 1.29 is 9.53 Å². The summed E-state index contributed by atoms with van der Waals surface area (Å²) in [5, 5.41) is 1.92. The molecule has 90 valence electrons. The third kappa shape index (κ3) is 2.31. The third-order valence-corrected chi connectivity index (χ3v) is 4.65. The number of aliphatic imine (C=N–C) groups is 1. The average molecular weight is 340 g/mol. The van der Waals surface area contributed by atoms with Gasteiger partial charge >= 0.3 is 5.97 Å². The van der Waals surface area contributed by atoms with E-state index in [-0.39, 0.29) is 0 Å². The summed E-state index contributed by atoms with van der Waals surface area (Å²) < 4.78 is 6.16. The fourth-order valence-electron chi connectivity index (χ4n) is 1.46. The normalized spacial score (nSPS) is 17.1. The SMILES string of the molecule is O=C1OC(c2cccs2)=N/C1=C/c1ccc(Br)s1. The number of rotatable bonds is 2. The second-order valence-corrected chi connectivity index (χ2v) is 6.90. The van der Waals surface area contributed by atoms with Crippen LogP contribution in [0, 0.1) is 0 Å². The molecule has 0 fully saturated rings. The number of cyclic esters (lactones) is 1. The molecule has 0 amide bonds. The highest BCUT2D eigenvalue weighted by atomic mass is 79.9. The molecule has 2 aromatic heterocycles. The lowest BCUT2D eigenvalue weighted by atomic mass is 10.3. The summed E-state index contributed by atoms with van der Waals surface area (Å²) in [6, 6.07) is 7.63. The monoisotopic (exact) mass is 339 g/mol. The first-order valence-corrected chi connectivity index (χ1v) is 7.53. The predicted molar refractivity (Wildman–Crippen MR) is 76.9 cm³/mol. The number of halogens is 1. The van der Waals surface area contributed by atoms with E-state index in [1.165, 1.54) is 11.3 Å². The Hall–Kier alpha value is -1.24. The standard InChI is InChI=1S/C12H6BrNO2S2/c13-10-4-3-7(18-10)6-8-12(15)16-11(14-8)9-2-1-5-17-9/h1-6H/b8-6+. The largest absolute Gasteiger partial charge is 0.401 e. The maximum Gasteiger partial charge on any atom is 0.363 e. The molecule has 18 heavy (non-hydrogen) atoms. The molecule has 1 aliphatic heterocycles. The molecule has 0 bridgehead atoms. The van der Waals surface area contributed by atoms with Crippen LogP contribution in [0.1, 0.15) is 9.75 Å². The Kier molecular flexibility index (Phi) is 3.15. The summed E-state index contributed by atoms with van der Waals surface area (Å²) >= 11 is 6.41. The van der Waals surface area contributed by atoms with Gasteiger partial charge in [-0.25, -0.2) is 9.79 Å². The van der Waals surface area contributed by atoms with Crippen LogP contribution in [0.3, 0.4) is 0 Å². The molecule has 0 aromatic carbocycles. The number of nitrogens with zero attached hydrogens (tertiary/aromatic N) is 1. The van der Waals surface area contributed by atoms with Gasteiger partial charge in [0.25, 0.3) is 0 Å². The molecule has 2 aromatic rings. The molecule has 3 heterocycles. The minimum Gasteiger partial charge on any atom is -0.401 e. The zero-order valence-electron chi connectivity index (χ0n) is 8.92. The van der Waals surface area contributed by atoms with Crippen molar-refractivity contribution in [3.8, 4) is 0 Å². The van der Waals surface area contributed by atoms with E-state index in [1.54, 1.807) is 17.4 Å². The summed E-state index contributed by atoms with van der Waals surface area (Å²) in [5.41, 5.74) is 0.341. The highest BCUT2D eigenvalue weighted by molar-refractivity contribution is 9.11. The highest BCUT2D eigenvalue weighted by Crippen LogP contribution is 2.26. The van der Waals surface area contributed by atoms with Crippen molar-refractivity contribution in [3.63, 3.8) is 0 Å². The zero-order valence-corrected chi connectivity index (χ0v) is 12.1. The number of hydrogen-bond donors (Lipinski definition) is 0. The van der Waals surface area contributed by atoms with E-state index < -0.39 is 5.97 Å². The molecule has 0 atom stereocenters. The number of carbonyl (C=O) groups is 1. The van der Waals surface area contributed by atoms with Gasteiger partial charge in [0.15, 0.2) is 5.70 Å².